The Morgan fingerprint density at radius 3 is 2.64 bits per heavy atom. The van der Waals surface area contributed by atoms with Crippen molar-refractivity contribution in [2.75, 3.05) is 38.6 Å². The number of carbonyl (C=O) groups is 2. The van der Waals surface area contributed by atoms with E-state index in [2.05, 4.69) is 24.2 Å². The highest BCUT2D eigenvalue weighted by Gasteiger charge is 2.32. The molecule has 0 spiro atoms. The van der Waals surface area contributed by atoms with Gasteiger partial charge in [0.05, 0.1) is 25.5 Å². The van der Waals surface area contributed by atoms with E-state index < -0.39 is 0 Å². The second kappa shape index (κ2) is 11.9. The Kier molecular flexibility index (Phi) is 8.64. The van der Waals surface area contributed by atoms with Crippen molar-refractivity contribution in [1.29, 1.82) is 0 Å². The molecule has 2 aromatic rings. The molecule has 0 bridgehead atoms. The van der Waals surface area contributed by atoms with E-state index >= 15 is 0 Å². The molecule has 0 radical (unpaired) electrons. The molecule has 2 aromatic carbocycles. The van der Waals surface area contributed by atoms with Crippen LogP contribution in [0.5, 0.6) is 5.75 Å². The summed E-state index contributed by atoms with van der Waals surface area (Å²) < 4.78 is 6.57. The first kappa shape index (κ1) is 26.2. The lowest BCUT2D eigenvalue weighted by Gasteiger charge is -2.34. The minimum atomic E-state index is -0.278. The van der Waals surface area contributed by atoms with Gasteiger partial charge in [-0.25, -0.2) is 0 Å². The molecule has 1 heterocycles. The average molecular weight is 494 g/mol. The number of amides is 2. The maximum atomic E-state index is 13.3. The summed E-state index contributed by atoms with van der Waals surface area (Å²) >= 11 is 0. The van der Waals surface area contributed by atoms with Crippen LogP contribution >= 0.6 is 0 Å². The molecule has 2 aliphatic rings. The van der Waals surface area contributed by atoms with Crippen molar-refractivity contribution >= 4 is 17.5 Å². The third kappa shape index (κ3) is 7.08. The van der Waals surface area contributed by atoms with E-state index in [1.807, 2.05) is 55.5 Å². The minimum absolute atomic E-state index is 0.0482. The van der Waals surface area contributed by atoms with Crippen molar-refractivity contribution in [2.45, 2.75) is 51.7 Å². The standard InChI is InChI=1S/C29H39N3O4/c1-20-16-32(21(2)19-33)29(35)15-24-14-25(30-28(34)13-22-7-5-4-6-8-22)11-12-26(24)36-27(20)18-31(3)17-23-9-10-23/h4-8,11-12,14,20-21,23,27,33H,9-10,13,15-19H2,1-3H3,(H,30,34)/t20-,21+,27+/m1/s1. The van der Waals surface area contributed by atoms with Gasteiger partial charge in [0.2, 0.25) is 11.8 Å². The number of aliphatic hydroxyl groups is 1. The second-order valence-electron chi connectivity index (χ2n) is 10.6. The summed E-state index contributed by atoms with van der Waals surface area (Å²) in [5.74, 6) is 1.39. The quantitative estimate of drug-likeness (QED) is 0.560. The van der Waals surface area contributed by atoms with Crippen LogP contribution in [0.1, 0.15) is 37.8 Å². The molecule has 1 fully saturated rings. The third-order valence-electron chi connectivity index (χ3n) is 7.17. The summed E-state index contributed by atoms with van der Waals surface area (Å²) in [7, 11) is 2.13. The monoisotopic (exact) mass is 493 g/mol. The minimum Gasteiger partial charge on any atom is -0.488 e. The zero-order valence-electron chi connectivity index (χ0n) is 21.7. The fraction of sp³-hybridized carbons (Fsp3) is 0.517. The van der Waals surface area contributed by atoms with Gasteiger partial charge < -0.3 is 25.0 Å². The van der Waals surface area contributed by atoms with Crippen molar-refractivity contribution < 1.29 is 19.4 Å². The van der Waals surface area contributed by atoms with Crippen LogP contribution in [0.25, 0.3) is 0 Å². The van der Waals surface area contributed by atoms with Gasteiger partial charge in [-0.1, -0.05) is 37.3 Å². The van der Waals surface area contributed by atoms with Gasteiger partial charge in [0, 0.05) is 36.8 Å². The highest BCUT2D eigenvalue weighted by molar-refractivity contribution is 5.92. The number of aliphatic hydroxyl groups excluding tert-OH is 1. The SMILES string of the molecule is C[C@@H]1CN([C@@H](C)CO)C(=O)Cc2cc(NC(=O)Cc3ccccc3)ccc2O[C@H]1CN(C)CC1CC1. The number of carbonyl (C=O) groups excluding carboxylic acids is 2. The predicted octanol–water partition coefficient (Wildman–Crippen LogP) is 3.36. The zero-order valence-corrected chi connectivity index (χ0v) is 21.7. The van der Waals surface area contributed by atoms with Gasteiger partial charge >= 0.3 is 0 Å². The Balaban J connectivity index is 1.55. The Labute approximate surface area is 214 Å². The van der Waals surface area contributed by atoms with E-state index in [1.165, 1.54) is 12.8 Å². The number of likely N-dealkylation sites (N-methyl/N-ethyl adjacent to an activating group) is 1. The molecule has 0 unspecified atom stereocenters. The predicted molar refractivity (Wildman–Crippen MR) is 141 cm³/mol. The van der Waals surface area contributed by atoms with E-state index in [0.717, 1.165) is 30.1 Å². The summed E-state index contributed by atoms with van der Waals surface area (Å²) in [5, 5.41) is 12.8. The molecule has 0 aromatic heterocycles. The highest BCUT2D eigenvalue weighted by atomic mass is 16.5. The van der Waals surface area contributed by atoms with E-state index in [1.54, 1.807) is 4.90 Å². The topological polar surface area (TPSA) is 82.1 Å². The molecule has 4 rings (SSSR count). The molecule has 36 heavy (non-hydrogen) atoms. The van der Waals surface area contributed by atoms with E-state index in [4.69, 9.17) is 4.74 Å². The summed E-state index contributed by atoms with van der Waals surface area (Å²) in [6.45, 7) is 6.25. The van der Waals surface area contributed by atoms with Crippen molar-refractivity contribution in [3.8, 4) is 5.75 Å². The van der Waals surface area contributed by atoms with Crippen LogP contribution in [0, 0.1) is 11.8 Å². The lowest BCUT2D eigenvalue weighted by atomic mass is 10.0. The van der Waals surface area contributed by atoms with Gasteiger partial charge in [-0.3, -0.25) is 9.59 Å². The molecular formula is C29H39N3O4. The van der Waals surface area contributed by atoms with Gasteiger partial charge in [0.25, 0.3) is 0 Å². The number of rotatable bonds is 9. The number of anilines is 1. The number of benzene rings is 2. The second-order valence-corrected chi connectivity index (χ2v) is 10.6. The molecular weight excluding hydrogens is 454 g/mol. The van der Waals surface area contributed by atoms with Crippen LogP contribution in [0.3, 0.4) is 0 Å². The van der Waals surface area contributed by atoms with Gasteiger partial charge in [-0.15, -0.1) is 0 Å². The summed E-state index contributed by atoms with van der Waals surface area (Å²) in [4.78, 5) is 30.1. The van der Waals surface area contributed by atoms with Crippen LogP contribution in [0.15, 0.2) is 48.5 Å². The normalized spacial score (nSPS) is 21.1. The number of nitrogens with one attached hydrogen (secondary N) is 1. The molecule has 2 N–H and O–H groups in total. The first-order valence-electron chi connectivity index (χ1n) is 13.0. The fourth-order valence-corrected chi connectivity index (χ4v) is 4.83. The van der Waals surface area contributed by atoms with E-state index in [-0.39, 0.29) is 49.3 Å². The molecule has 1 saturated carbocycles. The highest BCUT2D eigenvalue weighted by Crippen LogP contribution is 2.31. The third-order valence-corrected chi connectivity index (χ3v) is 7.17. The van der Waals surface area contributed by atoms with Crippen molar-refractivity contribution in [2.24, 2.45) is 11.8 Å². The lowest BCUT2D eigenvalue weighted by molar-refractivity contribution is -0.134. The largest absolute Gasteiger partial charge is 0.488 e. The number of hydrogen-bond acceptors (Lipinski definition) is 5. The van der Waals surface area contributed by atoms with Crippen LogP contribution in [-0.2, 0) is 22.4 Å². The van der Waals surface area contributed by atoms with Crippen LogP contribution in [0.2, 0.25) is 0 Å². The summed E-state index contributed by atoms with van der Waals surface area (Å²) in [6, 6.07) is 14.9. The number of nitrogens with zero attached hydrogens (tertiary/aromatic N) is 2. The molecule has 3 atom stereocenters. The number of hydrogen-bond donors (Lipinski definition) is 2. The summed E-state index contributed by atoms with van der Waals surface area (Å²) in [5.41, 5.74) is 2.33. The fourth-order valence-electron chi connectivity index (χ4n) is 4.83. The number of fused-ring (bicyclic) bond motifs is 1. The van der Waals surface area contributed by atoms with Crippen molar-refractivity contribution in [3.63, 3.8) is 0 Å². The molecule has 2 amide bonds. The Bertz CT molecular complexity index is 1040. The first-order valence-corrected chi connectivity index (χ1v) is 13.0. The Morgan fingerprint density at radius 2 is 1.94 bits per heavy atom. The molecule has 1 aliphatic heterocycles. The van der Waals surface area contributed by atoms with E-state index in [9.17, 15) is 14.7 Å². The van der Waals surface area contributed by atoms with Gasteiger partial charge in [0.15, 0.2) is 0 Å². The molecule has 7 heteroatoms. The zero-order chi connectivity index (χ0) is 25.7. The van der Waals surface area contributed by atoms with Crippen molar-refractivity contribution in [3.05, 3.63) is 59.7 Å². The van der Waals surface area contributed by atoms with Gasteiger partial charge in [-0.2, -0.15) is 0 Å². The smallest absolute Gasteiger partial charge is 0.228 e. The van der Waals surface area contributed by atoms with Crippen molar-refractivity contribution in [1.82, 2.24) is 9.80 Å². The van der Waals surface area contributed by atoms with Crippen LogP contribution in [-0.4, -0.2) is 72.2 Å². The maximum Gasteiger partial charge on any atom is 0.228 e. The average Bonchev–Trinajstić information content (AvgIpc) is 3.66. The Hall–Kier alpha value is -2.90. The molecule has 7 nitrogen and oxygen atoms in total. The van der Waals surface area contributed by atoms with Crippen LogP contribution in [0.4, 0.5) is 5.69 Å². The molecule has 0 saturated heterocycles. The maximum absolute atomic E-state index is 13.3. The van der Waals surface area contributed by atoms with E-state index in [0.29, 0.717) is 18.0 Å². The summed E-state index contributed by atoms with van der Waals surface area (Å²) in [6.07, 6.45) is 2.92. The molecule has 1 aliphatic carbocycles. The van der Waals surface area contributed by atoms with Gasteiger partial charge in [0.1, 0.15) is 11.9 Å². The van der Waals surface area contributed by atoms with Gasteiger partial charge in [-0.05, 0) is 56.5 Å². The lowest BCUT2D eigenvalue weighted by Crippen LogP contribution is -2.47. The van der Waals surface area contributed by atoms with Crippen LogP contribution < -0.4 is 10.1 Å². The number of ether oxygens (including phenoxy) is 1. The molecule has 194 valence electrons. The Morgan fingerprint density at radius 1 is 1.19 bits per heavy atom. The first-order chi connectivity index (χ1) is 17.3.